The number of nitrogens with zero attached hydrogens (tertiary/aromatic N) is 2. The number of carbonyl (C=O) groups is 1. The fourth-order valence-electron chi connectivity index (χ4n) is 3.00. The Hall–Kier alpha value is -1.60. The monoisotopic (exact) mass is 351 g/mol. The molecule has 0 unspecified atom stereocenters. The Bertz CT molecular complexity index is 721. The largest absolute Gasteiger partial charge is 0.376 e. The molecular weight excluding hydrogens is 326 g/mol. The molecule has 7 heteroatoms. The molecule has 1 amide bonds. The predicted molar refractivity (Wildman–Crippen MR) is 94.7 cm³/mol. The maximum atomic E-state index is 12.9. The van der Waals surface area contributed by atoms with Crippen LogP contribution in [0.1, 0.15) is 32.1 Å². The highest BCUT2D eigenvalue weighted by Crippen LogP contribution is 2.34. The lowest BCUT2D eigenvalue weighted by Crippen LogP contribution is -2.35. The van der Waals surface area contributed by atoms with E-state index in [0.29, 0.717) is 18.8 Å². The van der Waals surface area contributed by atoms with Crippen molar-refractivity contribution in [3.05, 3.63) is 18.2 Å². The third-order valence-corrected chi connectivity index (χ3v) is 6.50. The van der Waals surface area contributed by atoms with E-state index in [4.69, 9.17) is 0 Å². The third kappa shape index (κ3) is 3.57. The average Bonchev–Trinajstić information content (AvgIpc) is 3.40. The van der Waals surface area contributed by atoms with Gasteiger partial charge >= 0.3 is 0 Å². The summed E-state index contributed by atoms with van der Waals surface area (Å²) in [5.74, 6) is 0.0491. The standard InChI is InChI=1S/C17H25N3O3S/c1-19(2)16-9-8-14(12-15(16)18-17(21)13-6-7-13)24(22,23)20-10-4-3-5-11-20/h8-9,12-13H,3-7,10-11H2,1-2H3,(H,18,21). The van der Waals surface area contributed by atoms with Crippen LogP contribution in [-0.4, -0.2) is 45.8 Å². The van der Waals surface area contributed by atoms with Gasteiger partial charge in [-0.2, -0.15) is 4.31 Å². The third-order valence-electron chi connectivity index (χ3n) is 4.61. The summed E-state index contributed by atoms with van der Waals surface area (Å²) < 4.78 is 27.3. The van der Waals surface area contributed by atoms with Crippen LogP contribution in [0.2, 0.25) is 0 Å². The molecule has 2 aliphatic rings. The number of hydrogen-bond acceptors (Lipinski definition) is 4. The Morgan fingerprint density at radius 2 is 1.83 bits per heavy atom. The van der Waals surface area contributed by atoms with Crippen LogP contribution >= 0.6 is 0 Å². The predicted octanol–water partition coefficient (Wildman–Crippen LogP) is 2.28. The Balaban J connectivity index is 1.91. The summed E-state index contributed by atoms with van der Waals surface area (Å²) in [5, 5.41) is 2.91. The Morgan fingerprint density at radius 3 is 2.42 bits per heavy atom. The van der Waals surface area contributed by atoms with Crippen LogP contribution in [0.15, 0.2) is 23.1 Å². The molecular formula is C17H25N3O3S. The highest BCUT2D eigenvalue weighted by Gasteiger charge is 2.31. The molecule has 1 heterocycles. The van der Waals surface area contributed by atoms with Crippen LogP contribution in [0.3, 0.4) is 0 Å². The summed E-state index contributed by atoms with van der Waals surface area (Å²) in [6.45, 7) is 1.14. The van der Waals surface area contributed by atoms with Gasteiger partial charge in [-0.25, -0.2) is 8.42 Å². The van der Waals surface area contributed by atoms with Gasteiger partial charge in [0.2, 0.25) is 15.9 Å². The summed E-state index contributed by atoms with van der Waals surface area (Å²) in [6, 6.07) is 4.99. The van der Waals surface area contributed by atoms with E-state index in [1.807, 2.05) is 19.0 Å². The van der Waals surface area contributed by atoms with E-state index in [1.54, 1.807) is 22.5 Å². The molecule has 1 aromatic carbocycles. The van der Waals surface area contributed by atoms with Crippen molar-refractivity contribution in [3.8, 4) is 0 Å². The lowest BCUT2D eigenvalue weighted by Gasteiger charge is -2.26. The van der Waals surface area contributed by atoms with E-state index in [2.05, 4.69) is 5.32 Å². The second-order valence-electron chi connectivity index (χ2n) is 6.80. The van der Waals surface area contributed by atoms with Crippen LogP contribution in [0.5, 0.6) is 0 Å². The Kier molecular flexibility index (Phi) is 4.83. The summed E-state index contributed by atoms with van der Waals surface area (Å²) in [5.41, 5.74) is 1.37. The zero-order valence-corrected chi connectivity index (χ0v) is 15.1. The van der Waals surface area contributed by atoms with Gasteiger partial charge in [0.05, 0.1) is 16.3 Å². The molecule has 1 saturated carbocycles. The van der Waals surface area contributed by atoms with Crippen LogP contribution in [-0.2, 0) is 14.8 Å². The maximum Gasteiger partial charge on any atom is 0.243 e. The maximum absolute atomic E-state index is 12.9. The quantitative estimate of drug-likeness (QED) is 0.883. The summed E-state index contributed by atoms with van der Waals surface area (Å²) >= 11 is 0. The number of anilines is 2. The summed E-state index contributed by atoms with van der Waals surface area (Å²) in [7, 11) is 0.248. The van der Waals surface area contributed by atoms with Crippen molar-refractivity contribution in [2.75, 3.05) is 37.4 Å². The van der Waals surface area contributed by atoms with Crippen molar-refractivity contribution in [1.82, 2.24) is 4.31 Å². The topological polar surface area (TPSA) is 69.7 Å². The van der Waals surface area contributed by atoms with Crippen LogP contribution in [0.4, 0.5) is 11.4 Å². The van der Waals surface area contributed by atoms with Gasteiger partial charge in [0, 0.05) is 33.1 Å². The van der Waals surface area contributed by atoms with Gasteiger partial charge in [-0.3, -0.25) is 4.79 Å². The number of sulfonamides is 1. The second kappa shape index (κ2) is 6.72. The number of hydrogen-bond donors (Lipinski definition) is 1. The molecule has 0 atom stereocenters. The summed E-state index contributed by atoms with van der Waals surface area (Å²) in [4.78, 5) is 14.2. The highest BCUT2D eigenvalue weighted by atomic mass is 32.2. The smallest absolute Gasteiger partial charge is 0.243 e. The van der Waals surface area contributed by atoms with Crippen molar-refractivity contribution in [1.29, 1.82) is 0 Å². The molecule has 1 aliphatic heterocycles. The number of benzene rings is 1. The second-order valence-corrected chi connectivity index (χ2v) is 8.74. The molecule has 3 rings (SSSR count). The van der Waals surface area contributed by atoms with Crippen molar-refractivity contribution < 1.29 is 13.2 Å². The van der Waals surface area contributed by atoms with Gasteiger partial charge in [0.15, 0.2) is 0 Å². The molecule has 0 aromatic heterocycles. The SMILES string of the molecule is CN(C)c1ccc(S(=O)(=O)N2CCCCC2)cc1NC(=O)C1CC1. The van der Waals surface area contributed by atoms with Crippen molar-refractivity contribution >= 4 is 27.3 Å². The fraction of sp³-hybridized carbons (Fsp3) is 0.588. The fourth-order valence-corrected chi connectivity index (χ4v) is 4.54. The number of rotatable bonds is 5. The molecule has 6 nitrogen and oxygen atoms in total. The highest BCUT2D eigenvalue weighted by molar-refractivity contribution is 7.89. The van der Waals surface area contributed by atoms with E-state index >= 15 is 0 Å². The van der Waals surface area contributed by atoms with E-state index < -0.39 is 10.0 Å². The zero-order valence-electron chi connectivity index (χ0n) is 14.3. The first-order chi connectivity index (χ1) is 11.4. The van der Waals surface area contributed by atoms with Crippen molar-refractivity contribution in [3.63, 3.8) is 0 Å². The summed E-state index contributed by atoms with van der Waals surface area (Å²) in [6.07, 6.45) is 4.71. The van der Waals surface area contributed by atoms with Gasteiger partial charge in [0.25, 0.3) is 0 Å². The molecule has 0 spiro atoms. The van der Waals surface area contributed by atoms with Gasteiger partial charge in [-0.1, -0.05) is 6.42 Å². The first kappa shape index (κ1) is 17.2. The molecule has 24 heavy (non-hydrogen) atoms. The van der Waals surface area contributed by atoms with E-state index in [9.17, 15) is 13.2 Å². The number of carbonyl (C=O) groups excluding carboxylic acids is 1. The minimum Gasteiger partial charge on any atom is -0.376 e. The van der Waals surface area contributed by atoms with E-state index in [-0.39, 0.29) is 16.7 Å². The molecule has 0 radical (unpaired) electrons. The molecule has 2 fully saturated rings. The minimum atomic E-state index is -3.50. The van der Waals surface area contributed by atoms with Gasteiger partial charge in [0.1, 0.15) is 0 Å². The van der Waals surface area contributed by atoms with E-state index in [0.717, 1.165) is 37.8 Å². The normalized spacial score (nSPS) is 19.1. The van der Waals surface area contributed by atoms with Crippen LogP contribution < -0.4 is 10.2 Å². The lowest BCUT2D eigenvalue weighted by molar-refractivity contribution is -0.117. The van der Waals surface area contributed by atoms with Gasteiger partial charge in [-0.05, 0) is 43.9 Å². The average molecular weight is 351 g/mol. The lowest BCUT2D eigenvalue weighted by atomic mass is 10.2. The first-order valence-corrected chi connectivity index (χ1v) is 9.96. The molecule has 1 saturated heterocycles. The zero-order chi connectivity index (χ0) is 17.3. The minimum absolute atomic E-state index is 0.0226. The molecule has 132 valence electrons. The number of piperidine rings is 1. The van der Waals surface area contributed by atoms with Crippen molar-refractivity contribution in [2.45, 2.75) is 37.0 Å². The number of amides is 1. The molecule has 0 bridgehead atoms. The van der Waals surface area contributed by atoms with Crippen LogP contribution in [0.25, 0.3) is 0 Å². The Morgan fingerprint density at radius 1 is 1.17 bits per heavy atom. The van der Waals surface area contributed by atoms with E-state index in [1.165, 1.54) is 0 Å². The first-order valence-electron chi connectivity index (χ1n) is 8.52. The molecule has 1 N–H and O–H groups in total. The van der Waals surface area contributed by atoms with Gasteiger partial charge in [-0.15, -0.1) is 0 Å². The number of nitrogens with one attached hydrogen (secondary N) is 1. The van der Waals surface area contributed by atoms with Gasteiger partial charge < -0.3 is 10.2 Å². The molecule has 1 aliphatic carbocycles. The Labute approximate surface area is 143 Å². The molecule has 1 aromatic rings. The van der Waals surface area contributed by atoms with Crippen molar-refractivity contribution in [2.24, 2.45) is 5.92 Å². The van der Waals surface area contributed by atoms with Crippen LogP contribution in [0, 0.1) is 5.92 Å².